The van der Waals surface area contributed by atoms with Crippen molar-refractivity contribution < 1.29 is 0 Å². The van der Waals surface area contributed by atoms with E-state index in [1.165, 1.54) is 11.5 Å². The van der Waals surface area contributed by atoms with Crippen molar-refractivity contribution in [1.82, 2.24) is 9.36 Å². The molecule has 0 saturated heterocycles. The SMILES string of the molecule is CCc1nsc(NC(CCCl)C(C)C)n1. The van der Waals surface area contributed by atoms with Crippen LogP contribution >= 0.6 is 23.1 Å². The summed E-state index contributed by atoms with van der Waals surface area (Å²) in [6.45, 7) is 6.43. The highest BCUT2D eigenvalue weighted by Gasteiger charge is 2.14. The highest BCUT2D eigenvalue weighted by Crippen LogP contribution is 2.17. The van der Waals surface area contributed by atoms with Crippen LogP contribution in [0, 0.1) is 5.92 Å². The van der Waals surface area contributed by atoms with Crippen molar-refractivity contribution in [3.8, 4) is 0 Å². The van der Waals surface area contributed by atoms with E-state index in [-0.39, 0.29) is 0 Å². The predicted molar refractivity (Wildman–Crippen MR) is 66.9 cm³/mol. The molecule has 1 unspecified atom stereocenters. The Morgan fingerprint density at radius 2 is 2.20 bits per heavy atom. The molecule has 0 aliphatic carbocycles. The molecule has 0 radical (unpaired) electrons. The van der Waals surface area contributed by atoms with Gasteiger partial charge < -0.3 is 5.32 Å². The standard InChI is InChI=1S/C10H18ClN3S/c1-4-9-13-10(15-14-9)12-8(5-6-11)7(2)3/h7-8H,4-6H2,1-3H3,(H,12,13,14). The number of halogens is 1. The van der Waals surface area contributed by atoms with Gasteiger partial charge in [0.15, 0.2) is 0 Å². The summed E-state index contributed by atoms with van der Waals surface area (Å²) >= 11 is 7.20. The van der Waals surface area contributed by atoms with Crippen LogP contribution in [0.5, 0.6) is 0 Å². The second-order valence-electron chi connectivity index (χ2n) is 3.84. The second kappa shape index (κ2) is 6.28. The third kappa shape index (κ3) is 3.95. The lowest BCUT2D eigenvalue weighted by Crippen LogP contribution is -2.26. The van der Waals surface area contributed by atoms with Crippen LogP contribution in [0.1, 0.15) is 33.0 Å². The zero-order valence-corrected chi connectivity index (χ0v) is 11.0. The summed E-state index contributed by atoms with van der Waals surface area (Å²) in [5, 5.41) is 4.31. The van der Waals surface area contributed by atoms with Crippen molar-refractivity contribution in [2.75, 3.05) is 11.2 Å². The molecule has 1 N–H and O–H groups in total. The van der Waals surface area contributed by atoms with Crippen LogP contribution in [-0.4, -0.2) is 21.3 Å². The van der Waals surface area contributed by atoms with Crippen molar-refractivity contribution in [1.29, 1.82) is 0 Å². The van der Waals surface area contributed by atoms with Crippen LogP contribution in [-0.2, 0) is 6.42 Å². The molecule has 0 spiro atoms. The lowest BCUT2D eigenvalue weighted by molar-refractivity contribution is 0.513. The summed E-state index contributed by atoms with van der Waals surface area (Å²) in [6, 6.07) is 0.389. The van der Waals surface area contributed by atoms with Crippen molar-refractivity contribution in [2.45, 2.75) is 39.7 Å². The third-order valence-electron chi connectivity index (χ3n) is 2.32. The number of hydrogen-bond donors (Lipinski definition) is 1. The number of alkyl halides is 1. The lowest BCUT2D eigenvalue weighted by atomic mass is 10.0. The second-order valence-corrected chi connectivity index (χ2v) is 4.97. The summed E-state index contributed by atoms with van der Waals surface area (Å²) in [7, 11) is 0. The average molecular weight is 248 g/mol. The molecule has 0 amide bonds. The van der Waals surface area contributed by atoms with Crippen LogP contribution in [0.3, 0.4) is 0 Å². The summed E-state index contributed by atoms with van der Waals surface area (Å²) in [5.41, 5.74) is 0. The van der Waals surface area contributed by atoms with E-state index in [1.807, 2.05) is 0 Å². The zero-order chi connectivity index (χ0) is 11.3. The number of nitrogens with zero attached hydrogens (tertiary/aromatic N) is 2. The topological polar surface area (TPSA) is 37.8 Å². The number of hydrogen-bond acceptors (Lipinski definition) is 4. The van der Waals surface area contributed by atoms with Gasteiger partial charge in [0.2, 0.25) is 5.13 Å². The molecule has 0 aromatic carbocycles. The molecule has 86 valence electrons. The minimum Gasteiger partial charge on any atom is -0.357 e. The Bertz CT molecular complexity index is 288. The van der Waals surface area contributed by atoms with Gasteiger partial charge in [-0.3, -0.25) is 0 Å². The Balaban J connectivity index is 2.57. The van der Waals surface area contributed by atoms with Gasteiger partial charge in [-0.25, -0.2) is 4.98 Å². The quantitative estimate of drug-likeness (QED) is 0.785. The highest BCUT2D eigenvalue weighted by atomic mass is 35.5. The van der Waals surface area contributed by atoms with E-state index < -0.39 is 0 Å². The van der Waals surface area contributed by atoms with Crippen LogP contribution in [0.2, 0.25) is 0 Å². The van der Waals surface area contributed by atoms with Gasteiger partial charge in [0.1, 0.15) is 5.82 Å². The molecule has 15 heavy (non-hydrogen) atoms. The Labute approximate surface area is 100 Å². The molecule has 1 atom stereocenters. The molecule has 1 aromatic heterocycles. The van der Waals surface area contributed by atoms with E-state index in [9.17, 15) is 0 Å². The largest absolute Gasteiger partial charge is 0.357 e. The first-order valence-corrected chi connectivity index (χ1v) is 6.63. The number of rotatable bonds is 6. The van der Waals surface area contributed by atoms with Gasteiger partial charge in [-0.2, -0.15) is 4.37 Å². The number of anilines is 1. The van der Waals surface area contributed by atoms with Gasteiger partial charge in [0, 0.05) is 29.9 Å². The van der Waals surface area contributed by atoms with Crippen molar-refractivity contribution in [3.05, 3.63) is 5.82 Å². The fourth-order valence-corrected chi connectivity index (χ4v) is 2.25. The molecule has 3 nitrogen and oxygen atoms in total. The average Bonchev–Trinajstić information content (AvgIpc) is 2.65. The fraction of sp³-hybridized carbons (Fsp3) is 0.800. The van der Waals surface area contributed by atoms with Gasteiger partial charge in [-0.1, -0.05) is 20.8 Å². The lowest BCUT2D eigenvalue weighted by Gasteiger charge is -2.20. The summed E-state index contributed by atoms with van der Waals surface area (Å²) < 4.78 is 4.24. The first-order valence-electron chi connectivity index (χ1n) is 5.32. The molecule has 0 saturated carbocycles. The summed E-state index contributed by atoms with van der Waals surface area (Å²) in [5.74, 6) is 2.14. The Kier molecular flexibility index (Phi) is 5.32. The summed E-state index contributed by atoms with van der Waals surface area (Å²) in [6.07, 6.45) is 1.85. The minimum atomic E-state index is 0.389. The zero-order valence-electron chi connectivity index (χ0n) is 9.46. The molecule has 1 rings (SSSR count). The highest BCUT2D eigenvalue weighted by molar-refractivity contribution is 7.09. The predicted octanol–water partition coefficient (Wildman–Crippen LogP) is 3.17. The van der Waals surface area contributed by atoms with Gasteiger partial charge in [-0.15, -0.1) is 11.6 Å². The Morgan fingerprint density at radius 1 is 1.47 bits per heavy atom. The molecule has 5 heteroatoms. The molecule has 0 fully saturated rings. The molecule has 1 aromatic rings. The van der Waals surface area contributed by atoms with Crippen LogP contribution in [0.15, 0.2) is 0 Å². The molecule has 0 aliphatic rings. The van der Waals surface area contributed by atoms with Crippen LogP contribution < -0.4 is 5.32 Å². The molecule has 0 bridgehead atoms. The van der Waals surface area contributed by atoms with Gasteiger partial charge >= 0.3 is 0 Å². The maximum atomic E-state index is 5.77. The van der Waals surface area contributed by atoms with E-state index in [1.54, 1.807) is 0 Å². The van der Waals surface area contributed by atoms with Crippen molar-refractivity contribution >= 4 is 28.3 Å². The first-order chi connectivity index (χ1) is 7.17. The summed E-state index contributed by atoms with van der Waals surface area (Å²) in [4.78, 5) is 4.39. The van der Waals surface area contributed by atoms with Crippen molar-refractivity contribution in [3.63, 3.8) is 0 Å². The van der Waals surface area contributed by atoms with E-state index in [0.29, 0.717) is 17.8 Å². The maximum Gasteiger partial charge on any atom is 0.202 e. The number of aromatic nitrogens is 2. The molecular weight excluding hydrogens is 230 g/mol. The van der Waals surface area contributed by atoms with Crippen LogP contribution in [0.25, 0.3) is 0 Å². The molecule has 0 aliphatic heterocycles. The van der Waals surface area contributed by atoms with Crippen molar-refractivity contribution in [2.24, 2.45) is 5.92 Å². The smallest absolute Gasteiger partial charge is 0.202 e. The third-order valence-corrected chi connectivity index (χ3v) is 3.22. The van der Waals surface area contributed by atoms with E-state index in [0.717, 1.165) is 23.8 Å². The van der Waals surface area contributed by atoms with Gasteiger partial charge in [0.25, 0.3) is 0 Å². The van der Waals surface area contributed by atoms with Gasteiger partial charge in [-0.05, 0) is 12.3 Å². The molecular formula is C10H18ClN3S. The van der Waals surface area contributed by atoms with E-state index in [2.05, 4.69) is 35.4 Å². The fourth-order valence-electron chi connectivity index (χ4n) is 1.30. The Hall–Kier alpha value is -0.350. The molecule has 1 heterocycles. The maximum absolute atomic E-state index is 5.77. The normalized spacial score (nSPS) is 13.1. The number of aryl methyl sites for hydroxylation is 1. The van der Waals surface area contributed by atoms with E-state index in [4.69, 9.17) is 11.6 Å². The van der Waals surface area contributed by atoms with Crippen LogP contribution in [0.4, 0.5) is 5.13 Å². The van der Waals surface area contributed by atoms with Gasteiger partial charge in [0.05, 0.1) is 0 Å². The monoisotopic (exact) mass is 247 g/mol. The number of nitrogens with one attached hydrogen (secondary N) is 1. The van der Waals surface area contributed by atoms with E-state index >= 15 is 0 Å². The Morgan fingerprint density at radius 3 is 2.67 bits per heavy atom. The first kappa shape index (κ1) is 12.7. The minimum absolute atomic E-state index is 0.389.